The summed E-state index contributed by atoms with van der Waals surface area (Å²) < 4.78 is 16.0. The minimum Gasteiger partial charge on any atom is -0.496 e. The van der Waals surface area contributed by atoms with Crippen LogP contribution >= 0.6 is 15.9 Å². The lowest BCUT2D eigenvalue weighted by Crippen LogP contribution is -2.06. The second-order valence-corrected chi connectivity index (χ2v) is 5.65. The van der Waals surface area contributed by atoms with Crippen molar-refractivity contribution in [3.63, 3.8) is 0 Å². The highest BCUT2D eigenvalue weighted by molar-refractivity contribution is 9.10. The number of nitro groups is 1. The van der Waals surface area contributed by atoms with Crippen LogP contribution in [-0.4, -0.2) is 25.1 Å². The van der Waals surface area contributed by atoms with Gasteiger partial charge in [-0.15, -0.1) is 0 Å². The first-order valence-electron chi connectivity index (χ1n) is 7.00. The SMILES string of the molecule is COc1ccc(OC(=O)/C=C/c2cc(Br)ccc2OC)c([N+](=O)[O-])c1. The molecule has 0 radical (unpaired) electrons. The van der Waals surface area contributed by atoms with Gasteiger partial charge in [0, 0.05) is 16.1 Å². The largest absolute Gasteiger partial charge is 0.496 e. The summed E-state index contributed by atoms with van der Waals surface area (Å²) in [5, 5.41) is 11.1. The number of nitro benzene ring substituents is 1. The van der Waals surface area contributed by atoms with Gasteiger partial charge in [-0.25, -0.2) is 4.79 Å². The van der Waals surface area contributed by atoms with Crippen LogP contribution in [0.3, 0.4) is 0 Å². The van der Waals surface area contributed by atoms with Gasteiger partial charge in [0.1, 0.15) is 11.5 Å². The zero-order valence-electron chi connectivity index (χ0n) is 13.4. The van der Waals surface area contributed by atoms with Crippen LogP contribution in [0.5, 0.6) is 17.2 Å². The molecule has 0 fully saturated rings. The van der Waals surface area contributed by atoms with E-state index in [-0.39, 0.29) is 11.4 Å². The van der Waals surface area contributed by atoms with E-state index in [0.717, 1.165) is 10.5 Å². The normalized spacial score (nSPS) is 10.5. The number of esters is 1. The Kier molecular flexibility index (Phi) is 6.13. The molecular weight excluding hydrogens is 394 g/mol. The van der Waals surface area contributed by atoms with E-state index >= 15 is 0 Å². The summed E-state index contributed by atoms with van der Waals surface area (Å²) in [6.45, 7) is 0. The molecule has 0 aliphatic heterocycles. The van der Waals surface area contributed by atoms with E-state index in [4.69, 9.17) is 14.2 Å². The van der Waals surface area contributed by atoms with Crippen LogP contribution < -0.4 is 14.2 Å². The predicted octanol–water partition coefficient (Wildman–Crippen LogP) is 3.99. The van der Waals surface area contributed by atoms with Crippen molar-refractivity contribution in [3.05, 3.63) is 62.6 Å². The Morgan fingerprint density at radius 3 is 2.48 bits per heavy atom. The molecule has 25 heavy (non-hydrogen) atoms. The minimum absolute atomic E-state index is 0.165. The first-order valence-corrected chi connectivity index (χ1v) is 7.79. The number of carbonyl (C=O) groups excluding carboxylic acids is 1. The molecule has 2 aromatic rings. The van der Waals surface area contributed by atoms with Gasteiger partial charge in [0.25, 0.3) is 0 Å². The van der Waals surface area contributed by atoms with Crippen molar-refractivity contribution in [1.29, 1.82) is 0 Å². The van der Waals surface area contributed by atoms with Crippen molar-refractivity contribution < 1.29 is 23.9 Å². The molecular formula is C17H14BrNO6. The monoisotopic (exact) mass is 407 g/mol. The zero-order chi connectivity index (χ0) is 18.4. The molecule has 2 aromatic carbocycles. The van der Waals surface area contributed by atoms with Crippen molar-refractivity contribution in [2.75, 3.05) is 14.2 Å². The van der Waals surface area contributed by atoms with E-state index in [9.17, 15) is 14.9 Å². The summed E-state index contributed by atoms with van der Waals surface area (Å²) in [7, 11) is 2.90. The number of hydrogen-bond acceptors (Lipinski definition) is 6. The quantitative estimate of drug-likeness (QED) is 0.236. The van der Waals surface area contributed by atoms with Crippen LogP contribution in [0, 0.1) is 10.1 Å². The molecule has 0 spiro atoms. The number of rotatable bonds is 6. The molecule has 0 saturated carbocycles. The topological polar surface area (TPSA) is 87.9 Å². The Balaban J connectivity index is 2.21. The van der Waals surface area contributed by atoms with Crippen LogP contribution in [0.4, 0.5) is 5.69 Å². The summed E-state index contributed by atoms with van der Waals surface area (Å²) in [6.07, 6.45) is 2.67. The van der Waals surface area contributed by atoms with Crippen molar-refractivity contribution in [1.82, 2.24) is 0 Å². The molecule has 0 N–H and O–H groups in total. The molecule has 0 unspecified atom stereocenters. The molecule has 0 heterocycles. The predicted molar refractivity (Wildman–Crippen MR) is 95.0 cm³/mol. The van der Waals surface area contributed by atoms with E-state index in [1.54, 1.807) is 18.2 Å². The maximum absolute atomic E-state index is 12.0. The molecule has 0 aliphatic rings. The van der Waals surface area contributed by atoms with Crippen LogP contribution in [0.2, 0.25) is 0 Å². The maximum Gasteiger partial charge on any atom is 0.336 e. The van der Waals surface area contributed by atoms with Gasteiger partial charge in [0.05, 0.1) is 25.2 Å². The van der Waals surface area contributed by atoms with Crippen molar-refractivity contribution in [3.8, 4) is 17.2 Å². The van der Waals surface area contributed by atoms with Gasteiger partial charge < -0.3 is 14.2 Å². The van der Waals surface area contributed by atoms with Crippen molar-refractivity contribution >= 4 is 33.7 Å². The van der Waals surface area contributed by atoms with E-state index in [1.807, 2.05) is 0 Å². The molecule has 0 aromatic heterocycles. The number of ether oxygens (including phenoxy) is 3. The van der Waals surface area contributed by atoms with Gasteiger partial charge >= 0.3 is 11.7 Å². The Hall–Kier alpha value is -2.87. The Bertz CT molecular complexity index is 834. The minimum atomic E-state index is -0.754. The lowest BCUT2D eigenvalue weighted by Gasteiger charge is -2.06. The molecule has 8 heteroatoms. The third-order valence-electron chi connectivity index (χ3n) is 3.16. The van der Waals surface area contributed by atoms with Gasteiger partial charge in [-0.1, -0.05) is 15.9 Å². The number of methoxy groups -OCH3 is 2. The average molecular weight is 408 g/mol. The highest BCUT2D eigenvalue weighted by atomic mass is 79.9. The lowest BCUT2D eigenvalue weighted by molar-refractivity contribution is -0.385. The van der Waals surface area contributed by atoms with E-state index < -0.39 is 10.9 Å². The van der Waals surface area contributed by atoms with Gasteiger partial charge in [-0.3, -0.25) is 10.1 Å². The highest BCUT2D eigenvalue weighted by Crippen LogP contribution is 2.31. The summed E-state index contributed by atoms with van der Waals surface area (Å²) in [4.78, 5) is 22.4. The number of benzene rings is 2. The van der Waals surface area contributed by atoms with Gasteiger partial charge in [0.2, 0.25) is 5.75 Å². The van der Waals surface area contributed by atoms with E-state index in [1.165, 1.54) is 38.5 Å². The molecule has 130 valence electrons. The van der Waals surface area contributed by atoms with Crippen LogP contribution in [0.25, 0.3) is 6.08 Å². The average Bonchev–Trinajstić information content (AvgIpc) is 2.60. The van der Waals surface area contributed by atoms with Crippen LogP contribution in [0.1, 0.15) is 5.56 Å². The lowest BCUT2D eigenvalue weighted by atomic mass is 10.2. The molecule has 7 nitrogen and oxygen atoms in total. The fraction of sp³-hybridized carbons (Fsp3) is 0.118. The van der Waals surface area contributed by atoms with E-state index in [0.29, 0.717) is 17.1 Å². The Morgan fingerprint density at radius 1 is 1.12 bits per heavy atom. The Morgan fingerprint density at radius 2 is 1.84 bits per heavy atom. The maximum atomic E-state index is 12.0. The number of nitrogens with zero attached hydrogens (tertiary/aromatic N) is 1. The standard InChI is InChI=1S/C17H14BrNO6/c1-23-13-5-7-16(14(10-13)19(21)22)25-17(20)8-3-11-9-12(18)4-6-15(11)24-2/h3-10H,1-2H3/b8-3+. The first-order chi connectivity index (χ1) is 11.9. The fourth-order valence-electron chi connectivity index (χ4n) is 1.99. The summed E-state index contributed by atoms with van der Waals surface area (Å²) >= 11 is 3.33. The highest BCUT2D eigenvalue weighted by Gasteiger charge is 2.18. The molecule has 0 amide bonds. The van der Waals surface area contributed by atoms with Crippen LogP contribution in [0.15, 0.2) is 46.9 Å². The second-order valence-electron chi connectivity index (χ2n) is 4.73. The van der Waals surface area contributed by atoms with Crippen LogP contribution in [-0.2, 0) is 4.79 Å². The van der Waals surface area contributed by atoms with Gasteiger partial charge in [0.15, 0.2) is 0 Å². The molecule has 2 rings (SSSR count). The third kappa shape index (κ3) is 4.80. The van der Waals surface area contributed by atoms with Gasteiger partial charge in [-0.05, 0) is 36.4 Å². The number of hydrogen-bond donors (Lipinski definition) is 0. The van der Waals surface area contributed by atoms with Crippen molar-refractivity contribution in [2.45, 2.75) is 0 Å². The molecule has 0 bridgehead atoms. The van der Waals surface area contributed by atoms with E-state index in [2.05, 4.69) is 15.9 Å². The summed E-state index contributed by atoms with van der Waals surface area (Å²) in [5.74, 6) is -0.0551. The fourth-order valence-corrected chi connectivity index (χ4v) is 2.37. The smallest absolute Gasteiger partial charge is 0.336 e. The summed E-state index contributed by atoms with van der Waals surface area (Å²) in [5.41, 5.74) is 0.291. The molecule has 0 aliphatic carbocycles. The van der Waals surface area contributed by atoms with Crippen molar-refractivity contribution in [2.24, 2.45) is 0 Å². The van der Waals surface area contributed by atoms with Gasteiger partial charge in [-0.2, -0.15) is 0 Å². The first kappa shape index (κ1) is 18.5. The number of carbonyl (C=O) groups is 1. The summed E-state index contributed by atoms with van der Waals surface area (Å²) in [6, 6.07) is 9.26. The third-order valence-corrected chi connectivity index (χ3v) is 3.66. The Labute approximate surface area is 152 Å². The number of halogens is 1. The zero-order valence-corrected chi connectivity index (χ0v) is 15.0. The molecule has 0 saturated heterocycles. The second kappa shape index (κ2) is 8.29. The molecule has 0 atom stereocenters.